The van der Waals surface area contributed by atoms with Crippen molar-refractivity contribution in [3.8, 4) is 0 Å². The van der Waals surface area contributed by atoms with Crippen LogP contribution in [-0.4, -0.2) is 23.5 Å². The molecule has 0 amide bonds. The van der Waals surface area contributed by atoms with Gasteiger partial charge in [-0.15, -0.1) is 0 Å². The first kappa shape index (κ1) is 5.64. The van der Waals surface area contributed by atoms with Crippen molar-refractivity contribution in [2.24, 2.45) is 5.92 Å². The molecule has 0 radical (unpaired) electrons. The molecular formula is C11H19N. The molecule has 0 aromatic heterocycles. The van der Waals surface area contributed by atoms with E-state index in [-0.39, 0.29) is 5.54 Å². The molecule has 0 aromatic rings. The molecule has 2 saturated carbocycles. The molecule has 3 rings (SSSR count). The molecule has 3 aliphatic rings. The van der Waals surface area contributed by atoms with Gasteiger partial charge in [0.15, 0.2) is 0 Å². The molecule has 0 aromatic carbocycles. The van der Waals surface area contributed by atoms with Gasteiger partial charge >= 0.3 is 0 Å². The lowest BCUT2D eigenvalue weighted by molar-refractivity contribution is 0.168. The van der Waals surface area contributed by atoms with Crippen LogP contribution in [0.3, 0.4) is 0 Å². The molecule has 0 N–H and O–H groups in total. The number of hydrogen-bond acceptors (Lipinski definition) is 1. The van der Waals surface area contributed by atoms with Crippen molar-refractivity contribution in [3.05, 3.63) is 0 Å². The van der Waals surface area contributed by atoms with Gasteiger partial charge in [0, 0.05) is 8.28 Å². The van der Waals surface area contributed by atoms with Gasteiger partial charge in [-0.05, 0) is 51.1 Å². The van der Waals surface area contributed by atoms with E-state index >= 15 is 0 Å². The van der Waals surface area contributed by atoms with Crippen LogP contribution in [0.5, 0.6) is 0 Å². The van der Waals surface area contributed by atoms with Crippen LogP contribution in [0.2, 0.25) is 0 Å². The molecule has 12 heavy (non-hydrogen) atoms. The van der Waals surface area contributed by atoms with Gasteiger partial charge in [0.1, 0.15) is 0 Å². The smallest absolute Gasteiger partial charge is 0.0289 e. The third kappa shape index (κ3) is 0.891. The fourth-order valence-electron chi connectivity index (χ4n) is 3.15. The molecule has 1 saturated heterocycles. The van der Waals surface area contributed by atoms with E-state index < -0.39 is 6.37 Å². The molecular weight excluding hydrogens is 146 g/mol. The predicted octanol–water partition coefficient (Wildman–Crippen LogP) is 2.41. The molecule has 1 nitrogen and oxygen atoms in total. The van der Waals surface area contributed by atoms with E-state index in [4.69, 9.17) is 2.74 Å². The summed E-state index contributed by atoms with van der Waals surface area (Å²) >= 11 is 0. The Hall–Kier alpha value is -0.0400. The third-order valence-corrected chi connectivity index (χ3v) is 3.89. The number of hydrogen-bond donors (Lipinski definition) is 0. The van der Waals surface area contributed by atoms with Crippen molar-refractivity contribution in [2.75, 3.05) is 13.1 Å². The standard InChI is InChI=1S/C11H19N/c1-2-6-11(9-10(11)5-1)12-7-3-4-8-12/h10H,1-9H2/i9D2. The molecule has 1 heterocycles. The summed E-state index contributed by atoms with van der Waals surface area (Å²) in [5.74, 6) is 0.363. The number of likely N-dealkylation sites (tertiary alicyclic amines) is 1. The molecule has 3 fully saturated rings. The SMILES string of the molecule is [2H]C1([2H])C2CCCCC21N1CCCC1. The van der Waals surface area contributed by atoms with Crippen molar-refractivity contribution in [1.29, 1.82) is 0 Å². The Morgan fingerprint density at radius 1 is 1.17 bits per heavy atom. The minimum atomic E-state index is -0.867. The fourth-order valence-corrected chi connectivity index (χ4v) is 3.15. The number of fused-ring (bicyclic) bond motifs is 1. The van der Waals surface area contributed by atoms with Crippen LogP contribution in [0, 0.1) is 5.92 Å². The number of nitrogens with zero attached hydrogens (tertiary/aromatic N) is 1. The van der Waals surface area contributed by atoms with Crippen LogP contribution in [0.15, 0.2) is 0 Å². The monoisotopic (exact) mass is 167 g/mol. The zero-order chi connectivity index (χ0) is 9.81. The molecule has 2 aliphatic carbocycles. The normalized spacial score (nSPS) is 54.2. The molecule has 0 bridgehead atoms. The Bertz CT molecular complexity index is 248. The molecule has 2 atom stereocenters. The lowest BCUT2D eigenvalue weighted by Gasteiger charge is -2.31. The first-order valence-electron chi connectivity index (χ1n) is 6.45. The summed E-state index contributed by atoms with van der Waals surface area (Å²) in [7, 11) is 0. The highest BCUT2D eigenvalue weighted by molar-refractivity contribution is 5.13. The van der Waals surface area contributed by atoms with Crippen LogP contribution < -0.4 is 0 Å². The van der Waals surface area contributed by atoms with E-state index in [9.17, 15) is 0 Å². The third-order valence-electron chi connectivity index (χ3n) is 3.89. The Morgan fingerprint density at radius 3 is 2.75 bits per heavy atom. The Balaban J connectivity index is 1.87. The summed E-state index contributed by atoms with van der Waals surface area (Å²) in [5.41, 5.74) is -0.0122. The number of rotatable bonds is 1. The summed E-state index contributed by atoms with van der Waals surface area (Å²) in [6, 6.07) is 0. The van der Waals surface area contributed by atoms with Crippen LogP contribution in [0.1, 0.15) is 47.6 Å². The summed E-state index contributed by atoms with van der Waals surface area (Å²) < 4.78 is 16.3. The first-order valence-corrected chi connectivity index (χ1v) is 5.45. The van der Waals surface area contributed by atoms with Crippen LogP contribution in [0.25, 0.3) is 0 Å². The van der Waals surface area contributed by atoms with Crippen molar-refractivity contribution in [1.82, 2.24) is 4.90 Å². The Morgan fingerprint density at radius 2 is 2.00 bits per heavy atom. The quantitative estimate of drug-likeness (QED) is 0.579. The molecule has 1 aliphatic heterocycles. The van der Waals surface area contributed by atoms with Gasteiger partial charge < -0.3 is 0 Å². The van der Waals surface area contributed by atoms with Crippen molar-refractivity contribution in [3.63, 3.8) is 0 Å². The average molecular weight is 167 g/mol. The molecule has 2 unspecified atom stereocenters. The van der Waals surface area contributed by atoms with E-state index in [0.717, 1.165) is 25.9 Å². The molecule has 1 heteroatoms. The summed E-state index contributed by atoms with van der Waals surface area (Å²) in [4.78, 5) is 2.47. The zero-order valence-corrected chi connectivity index (χ0v) is 7.68. The van der Waals surface area contributed by atoms with E-state index in [2.05, 4.69) is 4.90 Å². The highest BCUT2D eigenvalue weighted by Gasteiger charge is 2.58. The Labute approximate surface area is 77.9 Å². The second-order valence-electron chi connectivity index (χ2n) is 4.56. The fraction of sp³-hybridized carbons (Fsp3) is 1.00. The topological polar surface area (TPSA) is 3.24 Å². The lowest BCUT2D eigenvalue weighted by atomic mass is 9.94. The van der Waals surface area contributed by atoms with E-state index in [0.29, 0.717) is 5.92 Å². The highest BCUT2D eigenvalue weighted by Crippen LogP contribution is 2.58. The first-order chi connectivity index (χ1) is 6.69. The van der Waals surface area contributed by atoms with Crippen LogP contribution in [-0.2, 0) is 0 Å². The van der Waals surface area contributed by atoms with Gasteiger partial charge in [0.05, 0.1) is 0 Å². The van der Waals surface area contributed by atoms with Crippen molar-refractivity contribution >= 4 is 0 Å². The van der Waals surface area contributed by atoms with Crippen LogP contribution in [0.4, 0.5) is 0 Å². The van der Waals surface area contributed by atoms with Crippen molar-refractivity contribution < 1.29 is 2.74 Å². The molecule has 68 valence electrons. The summed E-state index contributed by atoms with van der Waals surface area (Å²) in [6.45, 7) is 2.30. The van der Waals surface area contributed by atoms with Gasteiger partial charge in [0.2, 0.25) is 0 Å². The summed E-state index contributed by atoms with van der Waals surface area (Å²) in [5, 5.41) is 0. The Kier molecular flexibility index (Phi) is 1.16. The van der Waals surface area contributed by atoms with Gasteiger partial charge in [-0.3, -0.25) is 4.90 Å². The zero-order valence-electron chi connectivity index (χ0n) is 9.68. The van der Waals surface area contributed by atoms with Gasteiger partial charge in [-0.1, -0.05) is 12.8 Å². The van der Waals surface area contributed by atoms with Gasteiger partial charge in [0.25, 0.3) is 0 Å². The maximum Gasteiger partial charge on any atom is 0.0289 e. The van der Waals surface area contributed by atoms with E-state index in [1.165, 1.54) is 25.7 Å². The molecule has 0 spiro atoms. The van der Waals surface area contributed by atoms with Crippen LogP contribution >= 0.6 is 0 Å². The van der Waals surface area contributed by atoms with Gasteiger partial charge in [-0.2, -0.15) is 0 Å². The largest absolute Gasteiger partial charge is 0.297 e. The minimum absolute atomic E-state index is 0.0122. The second kappa shape index (κ2) is 2.47. The second-order valence-corrected chi connectivity index (χ2v) is 4.56. The predicted molar refractivity (Wildman–Crippen MR) is 50.1 cm³/mol. The highest BCUT2D eigenvalue weighted by atomic mass is 15.3. The lowest BCUT2D eigenvalue weighted by Crippen LogP contribution is -2.38. The van der Waals surface area contributed by atoms with Crippen molar-refractivity contribution in [2.45, 2.75) is 50.4 Å². The average Bonchev–Trinajstić information content (AvgIpc) is 2.62. The van der Waals surface area contributed by atoms with E-state index in [1.807, 2.05) is 0 Å². The van der Waals surface area contributed by atoms with E-state index in [1.54, 1.807) is 0 Å². The maximum absolute atomic E-state index is 8.14. The summed E-state index contributed by atoms with van der Waals surface area (Å²) in [6.07, 6.45) is 6.43. The van der Waals surface area contributed by atoms with Gasteiger partial charge in [-0.25, -0.2) is 0 Å². The minimum Gasteiger partial charge on any atom is -0.297 e. The maximum atomic E-state index is 8.14.